The molecule has 8 nitrogen and oxygen atoms in total. The molecule has 0 saturated heterocycles. The van der Waals surface area contributed by atoms with Crippen molar-refractivity contribution < 1.29 is 24.1 Å². The third-order valence-electron chi connectivity index (χ3n) is 4.43. The fourth-order valence-corrected chi connectivity index (χ4v) is 2.94. The number of fused-ring (bicyclic) bond motifs is 1. The average molecular weight is 395 g/mol. The van der Waals surface area contributed by atoms with Crippen LogP contribution in [0.5, 0.6) is 17.2 Å². The molecule has 0 saturated carbocycles. The van der Waals surface area contributed by atoms with E-state index in [1.165, 1.54) is 0 Å². The lowest BCUT2D eigenvalue weighted by molar-refractivity contribution is -0.125. The highest BCUT2D eigenvalue weighted by molar-refractivity contribution is 5.96. The second-order valence-electron chi connectivity index (χ2n) is 6.48. The van der Waals surface area contributed by atoms with Gasteiger partial charge in [0.05, 0.1) is 18.5 Å². The number of aliphatic hydroxyl groups excluding tert-OH is 1. The predicted molar refractivity (Wildman–Crippen MR) is 106 cm³/mol. The van der Waals surface area contributed by atoms with Crippen LogP contribution in [-0.2, 0) is 4.79 Å². The largest absolute Gasteiger partial charge is 0.491 e. The Bertz CT molecular complexity index is 974. The number of nitrogens with zero attached hydrogens (tertiary/aromatic N) is 1. The third kappa shape index (κ3) is 4.33. The second-order valence-corrected chi connectivity index (χ2v) is 6.48. The Hall–Kier alpha value is -3.52. The van der Waals surface area contributed by atoms with Crippen molar-refractivity contribution in [2.24, 2.45) is 0 Å². The molecule has 1 aliphatic heterocycles. The Morgan fingerprint density at radius 3 is 2.90 bits per heavy atom. The van der Waals surface area contributed by atoms with Crippen molar-refractivity contribution in [1.29, 1.82) is 0 Å². The number of H-pyrrole nitrogens is 1. The van der Waals surface area contributed by atoms with Gasteiger partial charge in [0.25, 0.3) is 5.91 Å². The summed E-state index contributed by atoms with van der Waals surface area (Å²) in [6, 6.07) is 12.7. The highest BCUT2D eigenvalue weighted by Crippen LogP contribution is 2.33. The average Bonchev–Trinajstić information content (AvgIpc) is 3.29. The van der Waals surface area contributed by atoms with E-state index in [9.17, 15) is 4.79 Å². The van der Waals surface area contributed by atoms with Crippen molar-refractivity contribution >= 4 is 11.6 Å². The number of para-hydroxylation sites is 2. The van der Waals surface area contributed by atoms with Gasteiger partial charge in [0, 0.05) is 24.8 Å². The molecule has 1 aliphatic rings. The highest BCUT2D eigenvalue weighted by atomic mass is 16.6. The summed E-state index contributed by atoms with van der Waals surface area (Å²) >= 11 is 0. The molecule has 2 heterocycles. The summed E-state index contributed by atoms with van der Waals surface area (Å²) in [6.45, 7) is 0.469. The smallest absolute Gasteiger partial charge is 0.269 e. The summed E-state index contributed by atoms with van der Waals surface area (Å²) in [5.41, 5.74) is 2.31. The van der Waals surface area contributed by atoms with Gasteiger partial charge in [0.1, 0.15) is 12.4 Å². The number of aliphatic hydroxyl groups is 1. The van der Waals surface area contributed by atoms with Crippen LogP contribution in [0.3, 0.4) is 0 Å². The molecule has 3 aromatic rings. The van der Waals surface area contributed by atoms with E-state index < -0.39 is 6.10 Å². The lowest BCUT2D eigenvalue weighted by atomic mass is 10.1. The van der Waals surface area contributed by atoms with Gasteiger partial charge in [-0.1, -0.05) is 18.2 Å². The van der Waals surface area contributed by atoms with Gasteiger partial charge in [-0.25, -0.2) is 0 Å². The van der Waals surface area contributed by atoms with Gasteiger partial charge >= 0.3 is 0 Å². The molecule has 0 aliphatic carbocycles. The first-order chi connectivity index (χ1) is 14.2. The first-order valence-electron chi connectivity index (χ1n) is 9.31. The maximum absolute atomic E-state index is 12.7. The van der Waals surface area contributed by atoms with Crippen molar-refractivity contribution in [3.8, 4) is 28.4 Å². The van der Waals surface area contributed by atoms with Gasteiger partial charge < -0.3 is 24.6 Å². The molecule has 1 aromatic heterocycles. The lowest BCUT2D eigenvalue weighted by Gasteiger charge is -2.26. The standard InChI is InChI=1S/C21H21N3O5/c25-8-3-9-27-19-10-14(15-11-22-23-12-15)6-7-16(19)24-21(26)20-13-28-17-4-1-2-5-18(17)29-20/h1-2,4-7,10-12,20,25H,3,8-9,13H2,(H,22,23)(H,24,26)/t20-/m0/s1. The molecule has 150 valence electrons. The van der Waals surface area contributed by atoms with Crippen LogP contribution in [0.25, 0.3) is 11.1 Å². The minimum atomic E-state index is -0.774. The number of ether oxygens (including phenoxy) is 3. The Balaban J connectivity index is 1.51. The zero-order valence-electron chi connectivity index (χ0n) is 15.6. The van der Waals surface area contributed by atoms with E-state index in [0.717, 1.165) is 11.1 Å². The SMILES string of the molecule is O=C(Nc1ccc(-c2cn[nH]c2)cc1OCCCO)[C@@H]1COc2ccccc2O1. The molecule has 0 unspecified atom stereocenters. The topological polar surface area (TPSA) is 106 Å². The fraction of sp³-hybridized carbons (Fsp3) is 0.238. The first-order valence-corrected chi connectivity index (χ1v) is 9.31. The second kappa shape index (κ2) is 8.66. The number of hydrogen-bond acceptors (Lipinski definition) is 6. The molecule has 0 fully saturated rings. The van der Waals surface area contributed by atoms with E-state index in [4.69, 9.17) is 19.3 Å². The van der Waals surface area contributed by atoms with Gasteiger partial charge in [0.2, 0.25) is 6.10 Å². The monoisotopic (exact) mass is 395 g/mol. The lowest BCUT2D eigenvalue weighted by Crippen LogP contribution is -2.40. The molecule has 3 N–H and O–H groups in total. The Morgan fingerprint density at radius 2 is 2.10 bits per heavy atom. The van der Waals surface area contributed by atoms with Gasteiger partial charge in [0.15, 0.2) is 11.5 Å². The van der Waals surface area contributed by atoms with Crippen LogP contribution in [-0.4, -0.2) is 47.1 Å². The fourth-order valence-electron chi connectivity index (χ4n) is 2.94. The van der Waals surface area contributed by atoms with E-state index in [1.807, 2.05) is 24.3 Å². The number of nitrogens with one attached hydrogen (secondary N) is 2. The molecule has 1 amide bonds. The van der Waals surface area contributed by atoms with Crippen LogP contribution in [0.15, 0.2) is 54.9 Å². The Labute approximate surface area is 167 Å². The normalized spacial score (nSPS) is 15.0. The minimum Gasteiger partial charge on any atom is -0.491 e. The molecular formula is C21H21N3O5. The van der Waals surface area contributed by atoms with E-state index in [1.54, 1.807) is 30.6 Å². The van der Waals surface area contributed by atoms with Gasteiger partial charge in [-0.2, -0.15) is 5.10 Å². The third-order valence-corrected chi connectivity index (χ3v) is 4.43. The Kier molecular flexibility index (Phi) is 5.62. The number of rotatable bonds is 7. The van der Waals surface area contributed by atoms with Gasteiger partial charge in [-0.15, -0.1) is 0 Å². The number of carbonyl (C=O) groups excluding carboxylic acids is 1. The molecular weight excluding hydrogens is 374 g/mol. The quantitative estimate of drug-likeness (QED) is 0.531. The van der Waals surface area contributed by atoms with Crippen molar-refractivity contribution in [3.63, 3.8) is 0 Å². The van der Waals surface area contributed by atoms with Gasteiger partial charge in [-0.05, 0) is 29.8 Å². The van der Waals surface area contributed by atoms with Crippen LogP contribution in [0.2, 0.25) is 0 Å². The van der Waals surface area contributed by atoms with Crippen molar-refractivity contribution in [3.05, 3.63) is 54.9 Å². The number of anilines is 1. The molecule has 0 radical (unpaired) electrons. The van der Waals surface area contributed by atoms with Crippen LogP contribution in [0.1, 0.15) is 6.42 Å². The number of amides is 1. The number of benzene rings is 2. The molecule has 4 rings (SSSR count). The first kappa shape index (κ1) is 18.8. The summed E-state index contributed by atoms with van der Waals surface area (Å²) in [5.74, 6) is 1.33. The van der Waals surface area contributed by atoms with Gasteiger partial charge in [-0.3, -0.25) is 9.89 Å². The highest BCUT2D eigenvalue weighted by Gasteiger charge is 2.28. The van der Waals surface area contributed by atoms with Crippen molar-refractivity contribution in [1.82, 2.24) is 10.2 Å². The molecule has 2 aromatic carbocycles. The maximum atomic E-state index is 12.7. The summed E-state index contributed by atoms with van der Waals surface area (Å²) in [6.07, 6.45) is 3.19. The van der Waals surface area contributed by atoms with E-state index >= 15 is 0 Å². The van der Waals surface area contributed by atoms with Crippen molar-refractivity contribution in [2.45, 2.75) is 12.5 Å². The molecule has 1 atom stereocenters. The van der Waals surface area contributed by atoms with E-state index in [-0.39, 0.29) is 19.1 Å². The Morgan fingerprint density at radius 1 is 1.24 bits per heavy atom. The van der Waals surface area contributed by atoms with Crippen LogP contribution in [0.4, 0.5) is 5.69 Å². The molecule has 0 spiro atoms. The predicted octanol–water partition coefficient (Wildman–Crippen LogP) is 2.62. The zero-order valence-corrected chi connectivity index (χ0v) is 15.6. The minimum absolute atomic E-state index is 0.0236. The summed E-state index contributed by atoms with van der Waals surface area (Å²) < 4.78 is 17.2. The molecule has 0 bridgehead atoms. The number of aromatic nitrogens is 2. The molecule has 29 heavy (non-hydrogen) atoms. The van der Waals surface area contributed by atoms with Crippen LogP contribution >= 0.6 is 0 Å². The van der Waals surface area contributed by atoms with E-state index in [2.05, 4.69) is 15.5 Å². The summed E-state index contributed by atoms with van der Waals surface area (Å²) in [5, 5.41) is 18.6. The number of carbonyl (C=O) groups is 1. The zero-order chi connectivity index (χ0) is 20.1. The summed E-state index contributed by atoms with van der Waals surface area (Å²) in [4.78, 5) is 12.7. The number of hydrogen-bond donors (Lipinski definition) is 3. The summed E-state index contributed by atoms with van der Waals surface area (Å²) in [7, 11) is 0. The maximum Gasteiger partial charge on any atom is 0.269 e. The van der Waals surface area contributed by atoms with Crippen molar-refractivity contribution in [2.75, 3.05) is 25.1 Å². The van der Waals surface area contributed by atoms with Crippen LogP contribution < -0.4 is 19.5 Å². The van der Waals surface area contributed by atoms with E-state index in [0.29, 0.717) is 36.0 Å². The molecule has 8 heteroatoms. The number of aromatic amines is 1. The van der Waals surface area contributed by atoms with Crippen LogP contribution in [0, 0.1) is 0 Å².